The van der Waals surface area contributed by atoms with Gasteiger partial charge in [0.05, 0.1) is 6.10 Å². The van der Waals surface area contributed by atoms with Crippen molar-refractivity contribution in [2.24, 2.45) is 40.4 Å². The van der Waals surface area contributed by atoms with Gasteiger partial charge in [-0.05, 0) is 110 Å². The fourth-order valence-electron chi connectivity index (χ4n) is 9.31. The lowest BCUT2D eigenvalue weighted by Crippen LogP contribution is -2.50. The molecule has 0 bridgehead atoms. The van der Waals surface area contributed by atoms with Crippen LogP contribution in [0.5, 0.6) is 0 Å². The summed E-state index contributed by atoms with van der Waals surface area (Å²) in [6, 6.07) is 5.98. The number of pyridine rings is 1. The summed E-state index contributed by atoms with van der Waals surface area (Å²) >= 11 is 0. The van der Waals surface area contributed by atoms with E-state index < -0.39 is 0 Å². The minimum absolute atomic E-state index is 0.122. The highest BCUT2D eigenvalue weighted by molar-refractivity contribution is 5.75. The summed E-state index contributed by atoms with van der Waals surface area (Å²) < 4.78 is 0. The molecule has 36 heavy (non-hydrogen) atoms. The van der Waals surface area contributed by atoms with Crippen molar-refractivity contribution in [1.82, 2.24) is 9.88 Å². The second-order valence-corrected chi connectivity index (χ2v) is 13.3. The number of nitrogens with zero attached hydrogens (tertiary/aromatic N) is 2. The first-order valence-electron chi connectivity index (χ1n) is 14.7. The highest BCUT2D eigenvalue weighted by Crippen LogP contribution is 2.67. The van der Waals surface area contributed by atoms with Crippen LogP contribution in [0.25, 0.3) is 0 Å². The number of likely N-dealkylation sites (N-methyl/N-ethyl adjacent to an activating group) is 1. The first-order chi connectivity index (χ1) is 17.2. The number of aliphatic hydroxyl groups excluding tert-OH is 1. The number of hydrogen-bond acceptors (Lipinski definition) is 3. The van der Waals surface area contributed by atoms with Gasteiger partial charge in [0, 0.05) is 38.3 Å². The Morgan fingerprint density at radius 3 is 2.78 bits per heavy atom. The Kier molecular flexibility index (Phi) is 7.38. The number of allylic oxidation sites excluding steroid dienone is 1. The van der Waals surface area contributed by atoms with E-state index in [0.29, 0.717) is 23.2 Å². The van der Waals surface area contributed by atoms with Crippen LogP contribution in [0.4, 0.5) is 0 Å². The summed E-state index contributed by atoms with van der Waals surface area (Å²) in [7, 11) is 1.94. The third-order valence-electron chi connectivity index (χ3n) is 11.5. The molecule has 0 radical (unpaired) electrons. The lowest BCUT2D eigenvalue weighted by Gasteiger charge is -2.58. The molecule has 0 saturated heterocycles. The average Bonchev–Trinajstić information content (AvgIpc) is 3.24. The second kappa shape index (κ2) is 10.2. The van der Waals surface area contributed by atoms with Crippen molar-refractivity contribution >= 4 is 5.91 Å². The van der Waals surface area contributed by atoms with Gasteiger partial charge in [-0.25, -0.2) is 0 Å². The van der Waals surface area contributed by atoms with Crippen LogP contribution in [0.15, 0.2) is 36.0 Å². The van der Waals surface area contributed by atoms with Crippen LogP contribution in [0, 0.1) is 40.4 Å². The number of aliphatic hydroxyl groups is 1. The highest BCUT2D eigenvalue weighted by Gasteiger charge is 2.59. The molecule has 0 aliphatic heterocycles. The van der Waals surface area contributed by atoms with Crippen molar-refractivity contribution in [1.29, 1.82) is 0 Å². The third kappa shape index (κ3) is 4.68. The summed E-state index contributed by atoms with van der Waals surface area (Å²) in [5.74, 6) is 4.04. The zero-order valence-electron chi connectivity index (χ0n) is 23.1. The second-order valence-electron chi connectivity index (χ2n) is 13.3. The lowest BCUT2D eigenvalue weighted by atomic mass is 9.47. The number of amides is 1. The van der Waals surface area contributed by atoms with E-state index >= 15 is 0 Å². The first-order valence-corrected chi connectivity index (χ1v) is 14.7. The molecule has 3 saturated carbocycles. The maximum atomic E-state index is 12.9. The van der Waals surface area contributed by atoms with Gasteiger partial charge in [0.15, 0.2) is 0 Å². The highest BCUT2D eigenvalue weighted by atomic mass is 16.3. The molecule has 1 amide bonds. The van der Waals surface area contributed by atoms with Crippen molar-refractivity contribution < 1.29 is 9.90 Å². The number of hydrogen-bond donors (Lipinski definition) is 1. The van der Waals surface area contributed by atoms with Crippen LogP contribution >= 0.6 is 0 Å². The fraction of sp³-hybridized carbons (Fsp3) is 0.750. The maximum absolute atomic E-state index is 12.9. The molecule has 1 unspecified atom stereocenters. The molecule has 4 heteroatoms. The van der Waals surface area contributed by atoms with Crippen LogP contribution in [0.3, 0.4) is 0 Å². The number of carbonyl (C=O) groups is 1. The molecule has 1 aromatic rings. The Balaban J connectivity index is 1.18. The standard InChI is InChI=1S/C32H48N2O2/c1-22(8-13-30(36)34(4)20-16-24-7-5-6-19-33-24)27-11-12-28-26-10-9-23-21-25(35)14-17-31(23,2)29(26)15-18-32(27,28)3/h5-7,9,19,22,25-29,35H,8,10-18,20-21H2,1-4H3/t22?,25-,26-,27+,28-,29-,31-,32+/m0/s1. The van der Waals surface area contributed by atoms with Crippen LogP contribution in [0.2, 0.25) is 0 Å². The molecule has 4 aliphatic rings. The molecule has 4 aliphatic carbocycles. The number of carbonyl (C=O) groups excluding carboxylic acids is 1. The molecule has 1 N–H and O–H groups in total. The van der Waals surface area contributed by atoms with E-state index in [4.69, 9.17) is 0 Å². The van der Waals surface area contributed by atoms with Crippen LogP contribution in [-0.4, -0.2) is 40.6 Å². The number of fused-ring (bicyclic) bond motifs is 5. The largest absolute Gasteiger partial charge is 0.393 e. The Bertz CT molecular complexity index is 960. The van der Waals surface area contributed by atoms with E-state index in [9.17, 15) is 9.90 Å². The molecule has 8 atom stereocenters. The zero-order chi connectivity index (χ0) is 25.5. The van der Waals surface area contributed by atoms with Crippen LogP contribution < -0.4 is 0 Å². The quantitative estimate of drug-likeness (QED) is 0.446. The molecule has 4 nitrogen and oxygen atoms in total. The van der Waals surface area contributed by atoms with Gasteiger partial charge in [0.1, 0.15) is 0 Å². The van der Waals surface area contributed by atoms with E-state index in [-0.39, 0.29) is 12.0 Å². The SMILES string of the molecule is CC(CCC(=O)N(C)CCc1ccccn1)[C@H]1CC[C@H]2[C@@H]3CC=C4C[C@@H](O)CC[C@]4(C)[C@H]3CC[C@]12C. The Morgan fingerprint density at radius 1 is 1.17 bits per heavy atom. The summed E-state index contributed by atoms with van der Waals surface area (Å²) in [5, 5.41) is 10.3. The summed E-state index contributed by atoms with van der Waals surface area (Å²) in [4.78, 5) is 19.2. The third-order valence-corrected chi connectivity index (χ3v) is 11.5. The molecule has 198 valence electrons. The van der Waals surface area contributed by atoms with E-state index in [1.165, 1.54) is 38.5 Å². The van der Waals surface area contributed by atoms with Crippen LogP contribution in [-0.2, 0) is 11.2 Å². The van der Waals surface area contributed by atoms with Gasteiger partial charge >= 0.3 is 0 Å². The summed E-state index contributed by atoms with van der Waals surface area (Å²) in [5.41, 5.74) is 3.36. The van der Waals surface area contributed by atoms with E-state index in [1.807, 2.05) is 36.3 Å². The van der Waals surface area contributed by atoms with Crippen molar-refractivity contribution in [3.05, 3.63) is 41.7 Å². The lowest BCUT2D eigenvalue weighted by molar-refractivity contribution is -0.130. The van der Waals surface area contributed by atoms with Gasteiger partial charge in [0.25, 0.3) is 0 Å². The zero-order valence-corrected chi connectivity index (χ0v) is 23.1. The average molecular weight is 493 g/mol. The monoisotopic (exact) mass is 492 g/mol. The van der Waals surface area contributed by atoms with Gasteiger partial charge in [-0.1, -0.05) is 38.5 Å². The molecule has 0 aromatic carbocycles. The van der Waals surface area contributed by atoms with E-state index in [2.05, 4.69) is 31.8 Å². The maximum Gasteiger partial charge on any atom is 0.222 e. The van der Waals surface area contributed by atoms with E-state index in [0.717, 1.165) is 61.6 Å². The molecular weight excluding hydrogens is 444 g/mol. The first kappa shape index (κ1) is 25.9. The molecule has 1 heterocycles. The van der Waals surface area contributed by atoms with E-state index in [1.54, 1.807) is 5.57 Å². The van der Waals surface area contributed by atoms with Gasteiger partial charge in [0.2, 0.25) is 5.91 Å². The van der Waals surface area contributed by atoms with Crippen molar-refractivity contribution in [2.75, 3.05) is 13.6 Å². The smallest absolute Gasteiger partial charge is 0.222 e. The topological polar surface area (TPSA) is 53.4 Å². The molecule has 3 fully saturated rings. The Morgan fingerprint density at radius 2 is 2.00 bits per heavy atom. The fourth-order valence-corrected chi connectivity index (χ4v) is 9.31. The van der Waals surface area contributed by atoms with Gasteiger partial charge in [-0.15, -0.1) is 0 Å². The van der Waals surface area contributed by atoms with Crippen molar-refractivity contribution in [2.45, 2.75) is 97.5 Å². The molecular formula is C32H48N2O2. The van der Waals surface area contributed by atoms with Crippen LogP contribution in [0.1, 0.15) is 90.7 Å². The summed E-state index contributed by atoms with van der Waals surface area (Å²) in [6.07, 6.45) is 16.4. The van der Waals surface area contributed by atoms with Gasteiger partial charge < -0.3 is 10.0 Å². The normalized spacial score (nSPS) is 38.4. The Hall–Kier alpha value is -1.68. The van der Waals surface area contributed by atoms with Gasteiger partial charge in [-0.2, -0.15) is 0 Å². The number of aromatic nitrogens is 1. The number of rotatable bonds is 7. The molecule has 0 spiro atoms. The summed E-state index contributed by atoms with van der Waals surface area (Å²) in [6.45, 7) is 8.29. The van der Waals surface area contributed by atoms with Crippen molar-refractivity contribution in [3.63, 3.8) is 0 Å². The molecule has 5 rings (SSSR count). The van der Waals surface area contributed by atoms with Gasteiger partial charge in [-0.3, -0.25) is 9.78 Å². The minimum atomic E-state index is -0.122. The predicted octanol–water partition coefficient (Wildman–Crippen LogP) is 6.44. The molecule has 1 aromatic heterocycles. The van der Waals surface area contributed by atoms with Crippen molar-refractivity contribution in [3.8, 4) is 0 Å². The minimum Gasteiger partial charge on any atom is -0.393 e. The Labute approximate surface area is 219 Å². The predicted molar refractivity (Wildman–Crippen MR) is 145 cm³/mol.